The van der Waals surface area contributed by atoms with Crippen molar-refractivity contribution in [1.82, 2.24) is 4.98 Å². The summed E-state index contributed by atoms with van der Waals surface area (Å²) in [4.78, 5) is 16.8. The number of rotatable bonds is 3. The standard InChI is InChI=1S/C14H22N2OS/c1-8-4-9(2)6-11(5-8)13(17)12-7-18-14(16-12)10(3)15/h7-11H,4-6,15H2,1-3H3. The number of carbonyl (C=O) groups is 1. The highest BCUT2D eigenvalue weighted by molar-refractivity contribution is 7.09. The van der Waals surface area contributed by atoms with Crippen molar-refractivity contribution < 1.29 is 4.79 Å². The number of aromatic nitrogens is 1. The zero-order valence-corrected chi connectivity index (χ0v) is 12.2. The summed E-state index contributed by atoms with van der Waals surface area (Å²) in [6.45, 7) is 6.38. The molecule has 3 atom stereocenters. The van der Waals surface area contributed by atoms with Gasteiger partial charge in [0.15, 0.2) is 5.78 Å². The molecule has 18 heavy (non-hydrogen) atoms. The monoisotopic (exact) mass is 266 g/mol. The van der Waals surface area contributed by atoms with Gasteiger partial charge in [0.2, 0.25) is 0 Å². The first-order chi connectivity index (χ1) is 8.47. The number of Topliss-reactive ketones (excluding diaryl/α,β-unsaturated/α-hetero) is 1. The zero-order chi connectivity index (χ0) is 13.3. The van der Waals surface area contributed by atoms with Gasteiger partial charge in [-0.15, -0.1) is 11.3 Å². The molecular weight excluding hydrogens is 244 g/mol. The number of carbonyl (C=O) groups excluding carboxylic acids is 1. The summed E-state index contributed by atoms with van der Waals surface area (Å²) in [5.41, 5.74) is 6.41. The van der Waals surface area contributed by atoms with E-state index in [1.54, 1.807) is 0 Å². The molecule has 2 N–H and O–H groups in total. The minimum absolute atomic E-state index is 0.0826. The van der Waals surface area contributed by atoms with Gasteiger partial charge < -0.3 is 5.73 Å². The van der Waals surface area contributed by atoms with Gasteiger partial charge in [-0.1, -0.05) is 13.8 Å². The molecule has 0 amide bonds. The molecule has 1 aliphatic carbocycles. The molecular formula is C14H22N2OS. The summed E-state index contributed by atoms with van der Waals surface area (Å²) in [5.74, 6) is 1.67. The van der Waals surface area contributed by atoms with E-state index in [0.29, 0.717) is 17.5 Å². The smallest absolute Gasteiger partial charge is 0.185 e. The van der Waals surface area contributed by atoms with Gasteiger partial charge in [0.25, 0.3) is 0 Å². The number of hydrogen-bond acceptors (Lipinski definition) is 4. The van der Waals surface area contributed by atoms with Gasteiger partial charge in [0.1, 0.15) is 10.7 Å². The average molecular weight is 266 g/mol. The van der Waals surface area contributed by atoms with Gasteiger partial charge >= 0.3 is 0 Å². The van der Waals surface area contributed by atoms with Crippen LogP contribution in [0.25, 0.3) is 0 Å². The number of thiazole rings is 1. The van der Waals surface area contributed by atoms with E-state index in [0.717, 1.165) is 17.8 Å². The summed E-state index contributed by atoms with van der Waals surface area (Å²) in [6, 6.07) is -0.0826. The second kappa shape index (κ2) is 5.49. The maximum Gasteiger partial charge on any atom is 0.185 e. The molecule has 100 valence electrons. The van der Waals surface area contributed by atoms with Gasteiger partial charge in [0, 0.05) is 11.3 Å². The van der Waals surface area contributed by atoms with Crippen molar-refractivity contribution in [3.8, 4) is 0 Å². The highest BCUT2D eigenvalue weighted by atomic mass is 32.1. The zero-order valence-electron chi connectivity index (χ0n) is 11.3. The van der Waals surface area contributed by atoms with Crippen LogP contribution >= 0.6 is 11.3 Å². The lowest BCUT2D eigenvalue weighted by molar-refractivity contribution is 0.0831. The van der Waals surface area contributed by atoms with Crippen molar-refractivity contribution >= 4 is 17.1 Å². The van der Waals surface area contributed by atoms with E-state index in [1.165, 1.54) is 17.8 Å². The fraction of sp³-hybridized carbons (Fsp3) is 0.714. The molecule has 1 fully saturated rings. The summed E-state index contributed by atoms with van der Waals surface area (Å²) in [7, 11) is 0. The van der Waals surface area contributed by atoms with Gasteiger partial charge in [-0.05, 0) is 38.0 Å². The molecule has 3 nitrogen and oxygen atoms in total. The van der Waals surface area contributed by atoms with Crippen molar-refractivity contribution in [1.29, 1.82) is 0 Å². The molecule has 3 unspecified atom stereocenters. The van der Waals surface area contributed by atoms with Crippen LogP contribution < -0.4 is 5.73 Å². The number of hydrogen-bond donors (Lipinski definition) is 1. The Bertz CT molecular complexity index is 417. The maximum absolute atomic E-state index is 12.4. The Morgan fingerprint density at radius 3 is 2.50 bits per heavy atom. The third-order valence-electron chi connectivity index (χ3n) is 3.71. The molecule has 0 aromatic carbocycles. The maximum atomic E-state index is 12.4. The summed E-state index contributed by atoms with van der Waals surface area (Å²) in [6.07, 6.45) is 3.26. The predicted octanol–water partition coefficient (Wildman–Crippen LogP) is 3.42. The quantitative estimate of drug-likeness (QED) is 0.853. The van der Waals surface area contributed by atoms with Crippen LogP contribution in [-0.4, -0.2) is 10.8 Å². The summed E-state index contributed by atoms with van der Waals surface area (Å²) >= 11 is 1.49. The molecule has 0 bridgehead atoms. The van der Waals surface area contributed by atoms with Crippen LogP contribution in [0.15, 0.2) is 5.38 Å². The molecule has 1 aliphatic rings. The third-order valence-corrected chi connectivity index (χ3v) is 4.76. The van der Waals surface area contributed by atoms with Crippen LogP contribution in [0.2, 0.25) is 0 Å². The Morgan fingerprint density at radius 2 is 2.00 bits per heavy atom. The number of nitrogens with two attached hydrogens (primary N) is 1. The lowest BCUT2D eigenvalue weighted by Crippen LogP contribution is -2.26. The minimum Gasteiger partial charge on any atom is -0.322 e. The van der Waals surface area contributed by atoms with Crippen LogP contribution in [0.3, 0.4) is 0 Å². The normalized spacial score (nSPS) is 30.1. The first-order valence-corrected chi connectivity index (χ1v) is 7.60. The van der Waals surface area contributed by atoms with E-state index in [2.05, 4.69) is 18.8 Å². The molecule has 0 aliphatic heterocycles. The van der Waals surface area contributed by atoms with E-state index in [1.807, 2.05) is 12.3 Å². The SMILES string of the molecule is CC1CC(C)CC(C(=O)c2csc(C(C)N)n2)C1. The lowest BCUT2D eigenvalue weighted by Gasteiger charge is -2.30. The van der Waals surface area contributed by atoms with Gasteiger partial charge in [-0.3, -0.25) is 4.79 Å². The summed E-state index contributed by atoms with van der Waals surface area (Å²) in [5, 5.41) is 2.72. The average Bonchev–Trinajstić information content (AvgIpc) is 2.75. The molecule has 1 aromatic rings. The van der Waals surface area contributed by atoms with Crippen LogP contribution in [0, 0.1) is 17.8 Å². The number of nitrogens with zero attached hydrogens (tertiary/aromatic N) is 1. The second-order valence-corrected chi connectivity index (χ2v) is 6.73. The first kappa shape index (κ1) is 13.7. The van der Waals surface area contributed by atoms with Crippen molar-refractivity contribution in [3.05, 3.63) is 16.1 Å². The summed E-state index contributed by atoms with van der Waals surface area (Å²) < 4.78 is 0. The van der Waals surface area contributed by atoms with Crippen molar-refractivity contribution in [3.63, 3.8) is 0 Å². The van der Waals surface area contributed by atoms with E-state index in [-0.39, 0.29) is 17.7 Å². The molecule has 1 saturated carbocycles. The molecule has 0 spiro atoms. The largest absolute Gasteiger partial charge is 0.322 e. The van der Waals surface area contributed by atoms with E-state index >= 15 is 0 Å². The Hall–Kier alpha value is -0.740. The topological polar surface area (TPSA) is 56.0 Å². The molecule has 1 aromatic heterocycles. The molecule has 1 heterocycles. The van der Waals surface area contributed by atoms with Crippen LogP contribution in [0.4, 0.5) is 0 Å². The fourth-order valence-corrected chi connectivity index (χ4v) is 3.75. The minimum atomic E-state index is -0.0826. The molecule has 4 heteroatoms. The van der Waals surface area contributed by atoms with Crippen molar-refractivity contribution in [2.75, 3.05) is 0 Å². The van der Waals surface area contributed by atoms with Crippen LogP contribution in [0.5, 0.6) is 0 Å². The van der Waals surface area contributed by atoms with E-state index in [4.69, 9.17) is 5.73 Å². The van der Waals surface area contributed by atoms with Crippen molar-refractivity contribution in [2.45, 2.75) is 46.1 Å². The van der Waals surface area contributed by atoms with Crippen molar-refractivity contribution in [2.24, 2.45) is 23.5 Å². The lowest BCUT2D eigenvalue weighted by atomic mass is 9.74. The first-order valence-electron chi connectivity index (χ1n) is 6.72. The highest BCUT2D eigenvalue weighted by Gasteiger charge is 2.30. The molecule has 2 rings (SSSR count). The van der Waals surface area contributed by atoms with Gasteiger partial charge in [-0.25, -0.2) is 4.98 Å². The number of ketones is 1. The highest BCUT2D eigenvalue weighted by Crippen LogP contribution is 2.35. The second-order valence-electron chi connectivity index (χ2n) is 5.84. The van der Waals surface area contributed by atoms with Crippen LogP contribution in [-0.2, 0) is 0 Å². The Labute approximate surface area is 113 Å². The van der Waals surface area contributed by atoms with Gasteiger partial charge in [-0.2, -0.15) is 0 Å². The van der Waals surface area contributed by atoms with E-state index < -0.39 is 0 Å². The Morgan fingerprint density at radius 1 is 1.39 bits per heavy atom. The molecule has 0 radical (unpaired) electrons. The van der Waals surface area contributed by atoms with Gasteiger partial charge in [0.05, 0.1) is 6.04 Å². The predicted molar refractivity (Wildman–Crippen MR) is 74.7 cm³/mol. The van der Waals surface area contributed by atoms with Crippen LogP contribution in [0.1, 0.15) is 61.6 Å². The third kappa shape index (κ3) is 2.98. The molecule has 0 saturated heterocycles. The van der Waals surface area contributed by atoms with E-state index in [9.17, 15) is 4.79 Å². The fourth-order valence-electron chi connectivity index (χ4n) is 2.98. The Kier molecular flexibility index (Phi) is 4.17. The Balaban J connectivity index is 2.10.